The van der Waals surface area contributed by atoms with E-state index in [1.54, 1.807) is 11.9 Å². The molecule has 1 aromatic heterocycles. The highest BCUT2D eigenvalue weighted by atomic mass is 32.2. The van der Waals surface area contributed by atoms with Crippen molar-refractivity contribution in [2.75, 3.05) is 32.0 Å². The molecule has 1 atom stereocenters. The molecule has 1 amide bonds. The number of piperazine rings is 1. The second-order valence-corrected chi connectivity index (χ2v) is 9.21. The zero-order valence-corrected chi connectivity index (χ0v) is 20.5. The van der Waals surface area contributed by atoms with E-state index in [1.165, 1.54) is 24.4 Å². The molecule has 8 nitrogen and oxygen atoms in total. The van der Waals surface area contributed by atoms with Crippen LogP contribution in [0.5, 0.6) is 0 Å². The standard InChI is InChI=1S/C25H23F2N7OS/c1-5-18(35)34-9-8-33(12-13(34)2)25(31-4)16-11-32-22(20(27)21(16)30-3)14-6-7-17(26)23-19(14)15(10-28)24(29)36-23/h5-7,11,13,29-30H,1,4,8-9,12H2,2-3H3/b22-14-,25-16+,29-24?. The number of thioether (sulfide) groups is 1. The van der Waals surface area contributed by atoms with Gasteiger partial charge in [0.05, 0.1) is 21.4 Å². The summed E-state index contributed by atoms with van der Waals surface area (Å²) in [4.78, 5) is 24.3. The van der Waals surface area contributed by atoms with Crippen LogP contribution in [-0.2, 0) is 4.79 Å². The van der Waals surface area contributed by atoms with Crippen LogP contribution in [0.25, 0.3) is 11.4 Å². The molecule has 4 rings (SSSR count). The monoisotopic (exact) mass is 507 g/mol. The molecule has 0 aliphatic carbocycles. The van der Waals surface area contributed by atoms with E-state index in [1.807, 2.05) is 17.9 Å². The molecule has 2 aromatic rings. The molecular weight excluding hydrogens is 484 g/mol. The second-order valence-electron chi connectivity index (χ2n) is 8.19. The van der Waals surface area contributed by atoms with E-state index < -0.39 is 11.6 Å². The lowest BCUT2D eigenvalue weighted by Gasteiger charge is -2.40. The van der Waals surface area contributed by atoms with Gasteiger partial charge >= 0.3 is 0 Å². The van der Waals surface area contributed by atoms with Crippen LogP contribution in [0.3, 0.4) is 0 Å². The van der Waals surface area contributed by atoms with Crippen LogP contribution in [0.4, 0.5) is 14.5 Å². The van der Waals surface area contributed by atoms with Gasteiger partial charge in [-0.25, -0.2) is 13.8 Å². The van der Waals surface area contributed by atoms with Crippen LogP contribution in [0.2, 0.25) is 0 Å². The van der Waals surface area contributed by atoms with Crippen molar-refractivity contribution >= 4 is 46.5 Å². The van der Waals surface area contributed by atoms with Crippen molar-refractivity contribution in [2.45, 2.75) is 17.9 Å². The number of aliphatic imine (C=N–C) groups is 1. The lowest BCUT2D eigenvalue weighted by Crippen LogP contribution is -2.53. The molecule has 0 saturated carbocycles. The number of benzene rings is 1. The van der Waals surface area contributed by atoms with E-state index in [-0.39, 0.29) is 48.9 Å². The van der Waals surface area contributed by atoms with Crippen molar-refractivity contribution in [3.63, 3.8) is 0 Å². The van der Waals surface area contributed by atoms with Crippen molar-refractivity contribution in [1.29, 1.82) is 10.7 Å². The van der Waals surface area contributed by atoms with Gasteiger partial charge in [-0.05, 0) is 31.9 Å². The van der Waals surface area contributed by atoms with E-state index in [2.05, 4.69) is 28.6 Å². The van der Waals surface area contributed by atoms with Gasteiger partial charge in [0.1, 0.15) is 28.1 Å². The Morgan fingerprint density at radius 3 is 2.78 bits per heavy atom. The number of nitrogens with one attached hydrogen (secondary N) is 2. The largest absolute Gasteiger partial charge is 0.385 e. The molecule has 36 heavy (non-hydrogen) atoms. The van der Waals surface area contributed by atoms with E-state index >= 15 is 4.39 Å². The van der Waals surface area contributed by atoms with Gasteiger partial charge in [-0.3, -0.25) is 15.2 Å². The minimum Gasteiger partial charge on any atom is -0.385 e. The summed E-state index contributed by atoms with van der Waals surface area (Å²) in [5, 5.41) is 21.0. The topological polar surface area (TPSA) is 108 Å². The van der Waals surface area contributed by atoms with Crippen LogP contribution >= 0.6 is 11.8 Å². The third kappa shape index (κ3) is 4.03. The first kappa shape index (κ1) is 25.1. The number of rotatable bonds is 4. The summed E-state index contributed by atoms with van der Waals surface area (Å²) in [6.45, 7) is 10.5. The Morgan fingerprint density at radius 1 is 1.42 bits per heavy atom. The van der Waals surface area contributed by atoms with E-state index in [4.69, 9.17) is 5.41 Å². The van der Waals surface area contributed by atoms with E-state index in [0.717, 1.165) is 11.8 Å². The number of hydrogen-bond acceptors (Lipinski definition) is 8. The van der Waals surface area contributed by atoms with E-state index in [0.29, 0.717) is 30.7 Å². The maximum Gasteiger partial charge on any atom is 0.246 e. The van der Waals surface area contributed by atoms with Crippen LogP contribution in [0, 0.1) is 38.9 Å². The van der Waals surface area contributed by atoms with Crippen molar-refractivity contribution in [1.82, 2.24) is 14.8 Å². The van der Waals surface area contributed by atoms with Gasteiger partial charge in [-0.15, -0.1) is 0 Å². The Morgan fingerprint density at radius 2 is 2.17 bits per heavy atom. The average molecular weight is 508 g/mol. The maximum absolute atomic E-state index is 15.9. The van der Waals surface area contributed by atoms with E-state index in [9.17, 15) is 14.4 Å². The molecule has 2 N–H and O–H groups in total. The smallest absolute Gasteiger partial charge is 0.246 e. The number of carbonyl (C=O) groups excluding carboxylic acids is 1. The molecule has 2 aliphatic rings. The van der Waals surface area contributed by atoms with Gasteiger partial charge in [0.25, 0.3) is 0 Å². The highest BCUT2D eigenvalue weighted by Gasteiger charge is 2.28. The first-order chi connectivity index (χ1) is 17.3. The summed E-state index contributed by atoms with van der Waals surface area (Å²) in [6, 6.07) is 4.34. The van der Waals surface area contributed by atoms with Gasteiger partial charge in [0, 0.05) is 49.4 Å². The fraction of sp³-hybridized carbons (Fsp3) is 0.240. The number of amides is 1. The minimum atomic E-state index is -0.709. The normalized spacial score (nSPS) is 18.9. The first-order valence-corrected chi connectivity index (χ1v) is 11.8. The summed E-state index contributed by atoms with van der Waals surface area (Å²) in [5.74, 6) is -1.05. The van der Waals surface area contributed by atoms with Crippen LogP contribution in [-0.4, -0.2) is 65.2 Å². The summed E-state index contributed by atoms with van der Waals surface area (Å²) in [7, 11) is 1.56. The van der Waals surface area contributed by atoms with Crippen molar-refractivity contribution in [3.8, 4) is 6.07 Å². The molecule has 0 bridgehead atoms. The fourth-order valence-electron chi connectivity index (χ4n) is 4.51. The average Bonchev–Trinajstić information content (AvgIpc) is 3.22. The molecule has 11 heteroatoms. The zero-order chi connectivity index (χ0) is 26.1. The van der Waals surface area contributed by atoms with Crippen molar-refractivity contribution in [2.24, 2.45) is 4.99 Å². The van der Waals surface area contributed by atoms with Crippen LogP contribution in [0.15, 0.2) is 40.9 Å². The molecule has 1 fully saturated rings. The Kier molecular flexibility index (Phi) is 6.90. The fourth-order valence-corrected chi connectivity index (χ4v) is 5.45. The number of hydrogen-bond donors (Lipinski definition) is 2. The Hall–Kier alpha value is -4.04. The predicted octanol–water partition coefficient (Wildman–Crippen LogP) is 1.93. The lowest BCUT2D eigenvalue weighted by molar-refractivity contribution is -0.129. The Labute approximate surface area is 210 Å². The number of carbonyl (C=O) groups is 1. The number of halogens is 2. The predicted molar refractivity (Wildman–Crippen MR) is 136 cm³/mol. The zero-order valence-electron chi connectivity index (χ0n) is 19.7. The first-order valence-electron chi connectivity index (χ1n) is 11.0. The molecule has 1 aromatic carbocycles. The summed E-state index contributed by atoms with van der Waals surface area (Å²) < 4.78 is 30.4. The molecule has 3 heterocycles. The summed E-state index contributed by atoms with van der Waals surface area (Å²) in [6.07, 6.45) is 2.73. The Bertz CT molecular complexity index is 1580. The quantitative estimate of drug-likeness (QED) is 0.484. The van der Waals surface area contributed by atoms with Gasteiger partial charge in [0.15, 0.2) is 5.82 Å². The number of pyridine rings is 1. The number of fused-ring (bicyclic) bond motifs is 1. The van der Waals surface area contributed by atoms with Gasteiger partial charge < -0.3 is 15.1 Å². The van der Waals surface area contributed by atoms with Crippen LogP contribution in [0.1, 0.15) is 6.92 Å². The van der Waals surface area contributed by atoms with Gasteiger partial charge in [-0.2, -0.15) is 5.26 Å². The van der Waals surface area contributed by atoms with Crippen LogP contribution < -0.4 is 15.8 Å². The highest BCUT2D eigenvalue weighted by molar-refractivity contribution is 8.15. The SMILES string of the molecule is C=CC(=O)N1CCN(/C(N=C)=c2\cn/c(=c3/ccc(F)c4c3=C(C#N)C(=N)S4)c(F)c2NC)CC1C. The van der Waals surface area contributed by atoms with Gasteiger partial charge in [-0.1, -0.05) is 18.3 Å². The third-order valence-corrected chi connectivity index (χ3v) is 7.21. The molecule has 0 radical (unpaired) electrons. The number of anilines is 1. The molecular formula is C25H23F2N7OS. The molecule has 1 unspecified atom stereocenters. The van der Waals surface area contributed by atoms with Crippen molar-refractivity contribution < 1.29 is 13.6 Å². The molecule has 184 valence electrons. The third-order valence-electron chi connectivity index (χ3n) is 6.20. The second kappa shape index (κ2) is 9.91. The minimum absolute atomic E-state index is 0.0262. The Balaban J connectivity index is 1.98. The van der Waals surface area contributed by atoms with Crippen molar-refractivity contribution in [3.05, 3.63) is 63.6 Å². The summed E-state index contributed by atoms with van der Waals surface area (Å²) >= 11 is 0.824. The number of nitrogens with zero attached hydrogens (tertiary/aromatic N) is 5. The van der Waals surface area contributed by atoms with Gasteiger partial charge in [0.2, 0.25) is 5.91 Å². The molecule has 1 saturated heterocycles. The number of nitriles is 1. The molecule has 2 aliphatic heterocycles. The highest BCUT2D eigenvalue weighted by Crippen LogP contribution is 2.28. The summed E-state index contributed by atoms with van der Waals surface area (Å²) in [5.41, 5.74) is 0.0821. The lowest BCUT2D eigenvalue weighted by atomic mass is 10.1. The maximum atomic E-state index is 15.9. The molecule has 0 spiro atoms. The number of aromatic nitrogens is 1.